The molecule has 2 atom stereocenters. The number of carbonyl (C=O) groups is 1. The van der Waals surface area contributed by atoms with Crippen molar-refractivity contribution in [3.8, 4) is 0 Å². The van der Waals surface area contributed by atoms with Crippen LogP contribution in [-0.2, 0) is 16.1 Å². The molecule has 1 amide bonds. The van der Waals surface area contributed by atoms with Crippen LogP contribution in [0.5, 0.6) is 0 Å². The minimum Gasteiger partial charge on any atom is -0.375 e. The van der Waals surface area contributed by atoms with Crippen molar-refractivity contribution in [2.75, 3.05) is 19.7 Å². The minimum absolute atomic E-state index is 0.0203. The third-order valence-electron chi connectivity index (χ3n) is 4.35. The SMILES string of the molecule is O=C(CN1CCO[C@H]2CCC[C@@H]21)NCc1ccc(F)cc1. The lowest BCUT2D eigenvalue weighted by molar-refractivity contribution is -0.126. The van der Waals surface area contributed by atoms with Crippen LogP contribution in [0.3, 0.4) is 0 Å². The second-order valence-electron chi connectivity index (χ2n) is 5.78. The van der Waals surface area contributed by atoms with E-state index in [9.17, 15) is 9.18 Å². The number of carbonyl (C=O) groups excluding carboxylic acids is 1. The van der Waals surface area contributed by atoms with E-state index < -0.39 is 0 Å². The Bertz CT molecular complexity index is 492. The fraction of sp³-hybridized carbons (Fsp3) is 0.562. The molecule has 0 radical (unpaired) electrons. The van der Waals surface area contributed by atoms with Crippen LogP contribution in [0, 0.1) is 5.82 Å². The molecule has 2 fully saturated rings. The van der Waals surface area contributed by atoms with Crippen LogP contribution >= 0.6 is 0 Å². The van der Waals surface area contributed by atoms with Gasteiger partial charge >= 0.3 is 0 Å². The lowest BCUT2D eigenvalue weighted by Crippen LogP contribution is -2.51. The van der Waals surface area contributed by atoms with E-state index in [0.717, 1.165) is 24.9 Å². The summed E-state index contributed by atoms with van der Waals surface area (Å²) in [5, 5.41) is 2.90. The summed E-state index contributed by atoms with van der Waals surface area (Å²) in [4.78, 5) is 14.3. The highest BCUT2D eigenvalue weighted by Crippen LogP contribution is 2.29. The predicted molar refractivity (Wildman–Crippen MR) is 77.2 cm³/mol. The Morgan fingerprint density at radius 2 is 2.14 bits per heavy atom. The summed E-state index contributed by atoms with van der Waals surface area (Å²) in [6.45, 7) is 2.40. The van der Waals surface area contributed by atoms with Crippen LogP contribution in [0.2, 0.25) is 0 Å². The highest BCUT2D eigenvalue weighted by atomic mass is 19.1. The summed E-state index contributed by atoms with van der Waals surface area (Å²) in [5.74, 6) is -0.238. The molecule has 114 valence electrons. The first kappa shape index (κ1) is 14.5. The quantitative estimate of drug-likeness (QED) is 0.918. The van der Waals surface area contributed by atoms with E-state index in [1.807, 2.05) is 0 Å². The molecule has 1 saturated heterocycles. The van der Waals surface area contributed by atoms with Gasteiger partial charge in [0.15, 0.2) is 0 Å². The lowest BCUT2D eigenvalue weighted by Gasteiger charge is -2.37. The molecule has 1 heterocycles. The molecule has 21 heavy (non-hydrogen) atoms. The first-order chi connectivity index (χ1) is 10.2. The van der Waals surface area contributed by atoms with E-state index in [2.05, 4.69) is 10.2 Å². The molecule has 2 aliphatic rings. The molecule has 1 N–H and O–H groups in total. The number of morpholine rings is 1. The van der Waals surface area contributed by atoms with Gasteiger partial charge < -0.3 is 10.1 Å². The molecule has 0 spiro atoms. The normalized spacial score (nSPS) is 25.6. The van der Waals surface area contributed by atoms with E-state index in [-0.39, 0.29) is 11.7 Å². The average molecular weight is 292 g/mol. The number of hydrogen-bond acceptors (Lipinski definition) is 3. The summed E-state index contributed by atoms with van der Waals surface area (Å²) in [6.07, 6.45) is 3.72. The Hall–Kier alpha value is -1.46. The molecular formula is C16H21FN2O2. The van der Waals surface area contributed by atoms with Crippen LogP contribution in [0.25, 0.3) is 0 Å². The van der Waals surface area contributed by atoms with Crippen molar-refractivity contribution in [3.05, 3.63) is 35.6 Å². The number of amides is 1. The predicted octanol–water partition coefficient (Wildman–Crippen LogP) is 1.70. The fourth-order valence-electron chi connectivity index (χ4n) is 3.25. The van der Waals surface area contributed by atoms with Gasteiger partial charge in [0.1, 0.15) is 5.82 Å². The molecule has 1 aromatic rings. The molecule has 1 aromatic carbocycles. The maximum Gasteiger partial charge on any atom is 0.234 e. The lowest BCUT2D eigenvalue weighted by atomic mass is 10.1. The number of fused-ring (bicyclic) bond motifs is 1. The van der Waals surface area contributed by atoms with Crippen molar-refractivity contribution in [3.63, 3.8) is 0 Å². The third kappa shape index (κ3) is 3.60. The molecule has 0 aromatic heterocycles. The molecule has 0 bridgehead atoms. The molecule has 5 heteroatoms. The Labute approximate surface area is 124 Å². The maximum atomic E-state index is 12.8. The molecule has 3 rings (SSSR count). The highest BCUT2D eigenvalue weighted by molar-refractivity contribution is 5.78. The van der Waals surface area contributed by atoms with Crippen LogP contribution < -0.4 is 5.32 Å². The van der Waals surface area contributed by atoms with Gasteiger partial charge in [-0.2, -0.15) is 0 Å². The van der Waals surface area contributed by atoms with E-state index in [4.69, 9.17) is 4.74 Å². The average Bonchev–Trinajstić information content (AvgIpc) is 2.96. The van der Waals surface area contributed by atoms with Crippen molar-refractivity contribution in [2.45, 2.75) is 38.0 Å². The van der Waals surface area contributed by atoms with Gasteiger partial charge in [-0.05, 0) is 37.0 Å². The van der Waals surface area contributed by atoms with E-state index in [0.29, 0.717) is 31.8 Å². The van der Waals surface area contributed by atoms with E-state index in [1.165, 1.54) is 18.6 Å². The zero-order valence-electron chi connectivity index (χ0n) is 12.1. The van der Waals surface area contributed by atoms with Gasteiger partial charge in [-0.3, -0.25) is 9.69 Å². The van der Waals surface area contributed by atoms with Crippen LogP contribution in [0.4, 0.5) is 4.39 Å². The van der Waals surface area contributed by atoms with E-state index >= 15 is 0 Å². The number of ether oxygens (including phenoxy) is 1. The maximum absolute atomic E-state index is 12.8. The van der Waals surface area contributed by atoms with Gasteiger partial charge in [0.2, 0.25) is 5.91 Å². The second-order valence-corrected chi connectivity index (χ2v) is 5.78. The third-order valence-corrected chi connectivity index (χ3v) is 4.35. The monoisotopic (exact) mass is 292 g/mol. The van der Waals surface area contributed by atoms with Gasteiger partial charge in [-0.25, -0.2) is 4.39 Å². The van der Waals surface area contributed by atoms with Gasteiger partial charge in [-0.1, -0.05) is 12.1 Å². The zero-order chi connectivity index (χ0) is 14.7. The second kappa shape index (κ2) is 6.54. The smallest absolute Gasteiger partial charge is 0.234 e. The van der Waals surface area contributed by atoms with E-state index in [1.54, 1.807) is 12.1 Å². The summed E-state index contributed by atoms with van der Waals surface area (Å²) in [5.41, 5.74) is 0.908. The topological polar surface area (TPSA) is 41.6 Å². The minimum atomic E-state index is -0.259. The standard InChI is InChI=1S/C16H21FN2O2/c17-13-6-4-12(5-7-13)10-18-16(20)11-19-8-9-21-15-3-1-2-14(15)19/h4-7,14-15H,1-3,8-11H2,(H,18,20)/t14-,15-/m0/s1. The Morgan fingerprint density at radius 1 is 1.33 bits per heavy atom. The van der Waals surface area contributed by atoms with Gasteiger partial charge in [0.05, 0.1) is 19.3 Å². The van der Waals surface area contributed by atoms with Crippen molar-refractivity contribution < 1.29 is 13.9 Å². The highest BCUT2D eigenvalue weighted by Gasteiger charge is 2.36. The molecule has 1 saturated carbocycles. The Balaban J connectivity index is 1.48. The zero-order valence-corrected chi connectivity index (χ0v) is 12.1. The number of nitrogens with zero attached hydrogens (tertiary/aromatic N) is 1. The van der Waals surface area contributed by atoms with Crippen molar-refractivity contribution >= 4 is 5.91 Å². The summed E-state index contributed by atoms with van der Waals surface area (Å²) >= 11 is 0. The molecular weight excluding hydrogens is 271 g/mol. The van der Waals surface area contributed by atoms with Crippen LogP contribution in [-0.4, -0.2) is 42.6 Å². The summed E-state index contributed by atoms with van der Waals surface area (Å²) in [7, 11) is 0. The number of hydrogen-bond donors (Lipinski definition) is 1. The first-order valence-corrected chi connectivity index (χ1v) is 7.59. The molecule has 0 unspecified atom stereocenters. The first-order valence-electron chi connectivity index (χ1n) is 7.59. The van der Waals surface area contributed by atoms with Crippen molar-refractivity contribution in [1.82, 2.24) is 10.2 Å². The van der Waals surface area contributed by atoms with Gasteiger partial charge in [0, 0.05) is 19.1 Å². The van der Waals surface area contributed by atoms with Gasteiger partial charge in [0.25, 0.3) is 0 Å². The largest absolute Gasteiger partial charge is 0.375 e. The molecule has 1 aliphatic carbocycles. The molecule has 4 nitrogen and oxygen atoms in total. The Kier molecular flexibility index (Phi) is 4.51. The molecule has 1 aliphatic heterocycles. The number of rotatable bonds is 4. The Morgan fingerprint density at radius 3 is 2.95 bits per heavy atom. The van der Waals surface area contributed by atoms with Crippen molar-refractivity contribution in [2.24, 2.45) is 0 Å². The fourth-order valence-corrected chi connectivity index (χ4v) is 3.25. The number of halogens is 1. The van der Waals surface area contributed by atoms with Gasteiger partial charge in [-0.15, -0.1) is 0 Å². The summed E-state index contributed by atoms with van der Waals surface area (Å²) in [6, 6.07) is 6.60. The van der Waals surface area contributed by atoms with Crippen LogP contribution in [0.1, 0.15) is 24.8 Å². The number of nitrogens with one attached hydrogen (secondary N) is 1. The van der Waals surface area contributed by atoms with Crippen LogP contribution in [0.15, 0.2) is 24.3 Å². The summed E-state index contributed by atoms with van der Waals surface area (Å²) < 4.78 is 18.6. The number of benzene rings is 1. The van der Waals surface area contributed by atoms with Crippen molar-refractivity contribution in [1.29, 1.82) is 0 Å².